The molecular formula is C11H15N3O3. The average molecular weight is 237 g/mol. The summed E-state index contributed by atoms with van der Waals surface area (Å²) in [6, 6.07) is 4.55. The van der Waals surface area contributed by atoms with Crippen LogP contribution in [0.1, 0.15) is 12.5 Å². The van der Waals surface area contributed by atoms with Gasteiger partial charge in [-0.05, 0) is 19.1 Å². The van der Waals surface area contributed by atoms with Gasteiger partial charge in [0.1, 0.15) is 5.75 Å². The summed E-state index contributed by atoms with van der Waals surface area (Å²) in [7, 11) is 0. The van der Waals surface area contributed by atoms with E-state index in [9.17, 15) is 10.1 Å². The standard InChI is InChI=1S/C11H15N3O3/c1-7-5-9(3-4-10(7)14(15)16)17-6-8(2)11(12)13/h3-5,8H,6H2,1-2H3,(H3,12,13). The van der Waals surface area contributed by atoms with E-state index in [4.69, 9.17) is 15.9 Å². The Bertz CT molecular complexity index is 446. The fraction of sp³-hybridized carbons (Fsp3) is 0.364. The van der Waals surface area contributed by atoms with Crippen molar-refractivity contribution >= 4 is 11.5 Å². The minimum Gasteiger partial charge on any atom is -0.493 e. The molecule has 1 aromatic carbocycles. The Morgan fingerprint density at radius 1 is 1.65 bits per heavy atom. The number of rotatable bonds is 5. The molecule has 0 aliphatic carbocycles. The summed E-state index contributed by atoms with van der Waals surface area (Å²) in [5, 5.41) is 17.8. The second kappa shape index (κ2) is 5.29. The molecule has 0 spiro atoms. The van der Waals surface area contributed by atoms with Crippen molar-refractivity contribution in [3.05, 3.63) is 33.9 Å². The van der Waals surface area contributed by atoms with Crippen LogP contribution in [0.5, 0.6) is 5.75 Å². The Morgan fingerprint density at radius 2 is 2.29 bits per heavy atom. The van der Waals surface area contributed by atoms with E-state index in [0.29, 0.717) is 11.3 Å². The summed E-state index contributed by atoms with van der Waals surface area (Å²) < 4.78 is 5.40. The normalized spacial score (nSPS) is 11.9. The van der Waals surface area contributed by atoms with Gasteiger partial charge in [0, 0.05) is 17.5 Å². The van der Waals surface area contributed by atoms with E-state index < -0.39 is 4.92 Å². The van der Waals surface area contributed by atoms with Gasteiger partial charge in [-0.2, -0.15) is 0 Å². The quantitative estimate of drug-likeness (QED) is 0.353. The van der Waals surface area contributed by atoms with Crippen LogP contribution in [0.2, 0.25) is 0 Å². The topological polar surface area (TPSA) is 102 Å². The molecule has 6 nitrogen and oxygen atoms in total. The molecule has 6 heteroatoms. The first-order valence-corrected chi connectivity index (χ1v) is 5.13. The van der Waals surface area contributed by atoms with E-state index in [1.165, 1.54) is 12.1 Å². The van der Waals surface area contributed by atoms with E-state index in [1.54, 1.807) is 19.9 Å². The second-order valence-electron chi connectivity index (χ2n) is 3.87. The van der Waals surface area contributed by atoms with E-state index in [-0.39, 0.29) is 24.0 Å². The molecule has 0 saturated heterocycles. The second-order valence-corrected chi connectivity index (χ2v) is 3.87. The van der Waals surface area contributed by atoms with Crippen molar-refractivity contribution in [3.8, 4) is 5.75 Å². The minimum atomic E-state index is -0.433. The summed E-state index contributed by atoms with van der Waals surface area (Å²) in [5.41, 5.74) is 5.92. The van der Waals surface area contributed by atoms with Gasteiger partial charge in [0.2, 0.25) is 0 Å². The molecule has 3 N–H and O–H groups in total. The highest BCUT2D eigenvalue weighted by atomic mass is 16.6. The van der Waals surface area contributed by atoms with Crippen LogP contribution < -0.4 is 10.5 Å². The molecule has 0 aliphatic rings. The number of hydrogen-bond acceptors (Lipinski definition) is 4. The van der Waals surface area contributed by atoms with Crippen molar-refractivity contribution in [2.75, 3.05) is 6.61 Å². The summed E-state index contributed by atoms with van der Waals surface area (Å²) in [5.74, 6) is 0.426. The molecule has 0 bridgehead atoms. The van der Waals surface area contributed by atoms with Crippen LogP contribution >= 0.6 is 0 Å². The number of hydrogen-bond donors (Lipinski definition) is 2. The Hall–Kier alpha value is -2.11. The summed E-state index contributed by atoms with van der Waals surface area (Å²) in [6.45, 7) is 3.71. The number of nitrogens with two attached hydrogens (primary N) is 1. The van der Waals surface area contributed by atoms with Crippen LogP contribution in [-0.2, 0) is 0 Å². The number of ether oxygens (including phenoxy) is 1. The third-order valence-corrected chi connectivity index (χ3v) is 2.40. The molecule has 17 heavy (non-hydrogen) atoms. The smallest absolute Gasteiger partial charge is 0.272 e. The van der Waals surface area contributed by atoms with Gasteiger partial charge in [-0.1, -0.05) is 6.92 Å². The minimum absolute atomic E-state index is 0.0589. The molecule has 0 fully saturated rings. The monoisotopic (exact) mass is 237 g/mol. The number of nitrogens with one attached hydrogen (secondary N) is 1. The highest BCUT2D eigenvalue weighted by molar-refractivity contribution is 5.79. The average Bonchev–Trinajstić information content (AvgIpc) is 2.25. The highest BCUT2D eigenvalue weighted by Crippen LogP contribution is 2.23. The van der Waals surface area contributed by atoms with Gasteiger partial charge in [-0.3, -0.25) is 15.5 Å². The van der Waals surface area contributed by atoms with Gasteiger partial charge in [0.05, 0.1) is 17.4 Å². The predicted molar refractivity (Wildman–Crippen MR) is 64.4 cm³/mol. The number of nitro groups is 1. The van der Waals surface area contributed by atoms with Crippen LogP contribution in [0, 0.1) is 28.4 Å². The lowest BCUT2D eigenvalue weighted by Gasteiger charge is -2.11. The third-order valence-electron chi connectivity index (χ3n) is 2.40. The number of amidine groups is 1. The Labute approximate surface area is 99.0 Å². The summed E-state index contributed by atoms with van der Waals surface area (Å²) in [6.07, 6.45) is 0. The van der Waals surface area contributed by atoms with Crippen LogP contribution in [0.25, 0.3) is 0 Å². The zero-order valence-corrected chi connectivity index (χ0v) is 9.77. The van der Waals surface area contributed by atoms with Crippen molar-refractivity contribution in [2.45, 2.75) is 13.8 Å². The predicted octanol–water partition coefficient (Wildman–Crippen LogP) is 1.85. The van der Waals surface area contributed by atoms with E-state index >= 15 is 0 Å². The number of aryl methyl sites for hydroxylation is 1. The molecule has 0 aromatic heterocycles. The van der Waals surface area contributed by atoms with Crippen molar-refractivity contribution in [2.24, 2.45) is 11.7 Å². The van der Waals surface area contributed by atoms with Gasteiger partial charge in [0.15, 0.2) is 0 Å². The maximum atomic E-state index is 10.6. The lowest BCUT2D eigenvalue weighted by molar-refractivity contribution is -0.385. The molecule has 0 heterocycles. The molecular weight excluding hydrogens is 222 g/mol. The summed E-state index contributed by atoms with van der Waals surface area (Å²) >= 11 is 0. The molecule has 1 rings (SSSR count). The number of nitrogens with zero attached hydrogens (tertiary/aromatic N) is 1. The van der Waals surface area contributed by atoms with Gasteiger partial charge in [-0.15, -0.1) is 0 Å². The zero-order chi connectivity index (χ0) is 13.0. The van der Waals surface area contributed by atoms with Crippen molar-refractivity contribution in [3.63, 3.8) is 0 Å². The summed E-state index contributed by atoms with van der Waals surface area (Å²) in [4.78, 5) is 10.2. The highest BCUT2D eigenvalue weighted by Gasteiger charge is 2.11. The number of nitro benzene ring substituents is 1. The SMILES string of the molecule is Cc1cc(OCC(C)C(=N)N)ccc1[N+](=O)[O-]. The first kappa shape index (κ1) is 13.0. The van der Waals surface area contributed by atoms with Crippen molar-refractivity contribution in [1.29, 1.82) is 5.41 Å². The molecule has 92 valence electrons. The lowest BCUT2D eigenvalue weighted by Crippen LogP contribution is -2.25. The van der Waals surface area contributed by atoms with Crippen molar-refractivity contribution in [1.82, 2.24) is 0 Å². The third kappa shape index (κ3) is 3.44. The van der Waals surface area contributed by atoms with E-state index in [2.05, 4.69) is 0 Å². The Kier molecular flexibility index (Phi) is 4.03. The fourth-order valence-electron chi connectivity index (χ4n) is 1.23. The maximum absolute atomic E-state index is 10.6. The van der Waals surface area contributed by atoms with Crippen LogP contribution in [0.3, 0.4) is 0 Å². The molecule has 1 aromatic rings. The largest absolute Gasteiger partial charge is 0.493 e. The van der Waals surface area contributed by atoms with Crippen molar-refractivity contribution < 1.29 is 9.66 Å². The van der Waals surface area contributed by atoms with E-state index in [0.717, 1.165) is 0 Å². The molecule has 0 radical (unpaired) electrons. The maximum Gasteiger partial charge on any atom is 0.272 e. The van der Waals surface area contributed by atoms with Gasteiger partial charge < -0.3 is 10.5 Å². The van der Waals surface area contributed by atoms with Crippen LogP contribution in [0.15, 0.2) is 18.2 Å². The molecule has 0 aliphatic heterocycles. The van der Waals surface area contributed by atoms with Gasteiger partial charge in [0.25, 0.3) is 5.69 Å². The Morgan fingerprint density at radius 3 is 2.76 bits per heavy atom. The molecule has 0 amide bonds. The first-order valence-electron chi connectivity index (χ1n) is 5.13. The lowest BCUT2D eigenvalue weighted by atomic mass is 10.2. The molecule has 1 unspecified atom stereocenters. The molecule has 0 saturated carbocycles. The van der Waals surface area contributed by atoms with Crippen LogP contribution in [0.4, 0.5) is 5.69 Å². The van der Waals surface area contributed by atoms with Gasteiger partial charge in [-0.25, -0.2) is 0 Å². The van der Waals surface area contributed by atoms with Gasteiger partial charge >= 0.3 is 0 Å². The number of benzene rings is 1. The van der Waals surface area contributed by atoms with E-state index in [1.807, 2.05) is 0 Å². The fourth-order valence-corrected chi connectivity index (χ4v) is 1.23. The zero-order valence-electron chi connectivity index (χ0n) is 9.77. The first-order chi connectivity index (χ1) is 7.91. The van der Waals surface area contributed by atoms with Crippen LogP contribution in [-0.4, -0.2) is 17.4 Å². The molecule has 1 atom stereocenters. The Balaban J connectivity index is 2.71.